The molecule has 1 saturated heterocycles. The molecule has 0 saturated carbocycles. The van der Waals surface area contributed by atoms with Gasteiger partial charge in [-0.25, -0.2) is 0 Å². The molecule has 0 bridgehead atoms. The molecule has 0 radical (unpaired) electrons. The Hall–Kier alpha value is -1.55. The number of nitrogens with one attached hydrogen (secondary N) is 1. The van der Waals surface area contributed by atoms with Crippen molar-refractivity contribution in [3.05, 3.63) is 29.8 Å². The molecule has 128 valence electrons. The molecule has 1 unspecified atom stereocenters. The number of amides is 1. The van der Waals surface area contributed by atoms with Gasteiger partial charge in [-0.05, 0) is 36.9 Å². The number of hydrogen-bond donors (Lipinski definition) is 1. The maximum Gasteiger partial charge on any atom is 0.222 e. The molecule has 0 spiro atoms. The number of carbonyl (C=O) groups is 1. The van der Waals surface area contributed by atoms with E-state index in [1.54, 1.807) is 0 Å². The van der Waals surface area contributed by atoms with E-state index in [1.165, 1.54) is 24.1 Å². The Kier molecular flexibility index (Phi) is 6.46. The lowest BCUT2D eigenvalue weighted by atomic mass is 9.97. The minimum atomic E-state index is 0.0710. The van der Waals surface area contributed by atoms with Gasteiger partial charge in [0.1, 0.15) is 0 Å². The normalized spacial score (nSPS) is 18.9. The van der Waals surface area contributed by atoms with Crippen LogP contribution in [-0.2, 0) is 11.3 Å². The van der Waals surface area contributed by atoms with Crippen molar-refractivity contribution >= 4 is 11.6 Å². The molecule has 1 aromatic rings. The van der Waals surface area contributed by atoms with E-state index < -0.39 is 0 Å². The number of para-hydroxylation sites is 1. The maximum atomic E-state index is 11.7. The average Bonchev–Trinajstić information content (AvgIpc) is 2.53. The van der Waals surface area contributed by atoms with Crippen LogP contribution in [0.15, 0.2) is 24.3 Å². The van der Waals surface area contributed by atoms with Gasteiger partial charge in [-0.1, -0.05) is 32.0 Å². The monoisotopic (exact) mass is 317 g/mol. The summed E-state index contributed by atoms with van der Waals surface area (Å²) in [5.74, 6) is 0.805. The minimum Gasteiger partial charge on any atom is -0.377 e. The molecule has 2 rings (SSSR count). The van der Waals surface area contributed by atoms with Crippen LogP contribution in [0.1, 0.15) is 32.3 Å². The summed E-state index contributed by atoms with van der Waals surface area (Å²) < 4.78 is 0. The van der Waals surface area contributed by atoms with E-state index in [0.29, 0.717) is 5.92 Å². The second kappa shape index (κ2) is 8.34. The Morgan fingerprint density at radius 1 is 1.35 bits per heavy atom. The molecule has 4 heteroatoms. The second-order valence-electron chi connectivity index (χ2n) is 7.17. The van der Waals surface area contributed by atoms with E-state index in [9.17, 15) is 4.79 Å². The van der Waals surface area contributed by atoms with Gasteiger partial charge in [0.2, 0.25) is 5.91 Å². The van der Waals surface area contributed by atoms with Crippen molar-refractivity contribution in [2.24, 2.45) is 11.8 Å². The zero-order valence-electron chi connectivity index (χ0n) is 15.0. The summed E-state index contributed by atoms with van der Waals surface area (Å²) in [4.78, 5) is 16.5. The van der Waals surface area contributed by atoms with Crippen LogP contribution >= 0.6 is 0 Å². The molecule has 1 amide bonds. The van der Waals surface area contributed by atoms with E-state index in [2.05, 4.69) is 53.5 Å². The van der Waals surface area contributed by atoms with E-state index in [0.717, 1.165) is 26.2 Å². The quantitative estimate of drug-likeness (QED) is 0.876. The van der Waals surface area contributed by atoms with Gasteiger partial charge in [0.25, 0.3) is 0 Å². The highest BCUT2D eigenvalue weighted by Gasteiger charge is 2.21. The fourth-order valence-corrected chi connectivity index (χ4v) is 3.23. The Bertz CT molecular complexity index is 513. The standard InChI is InChI=1S/C19H31N3O/c1-15(2)19(23)20-12-16-8-7-11-22(13-16)14-17-9-5-6-10-18(17)21(3)4/h5-6,9-10,15-16H,7-8,11-14H2,1-4H3,(H,20,23). The summed E-state index contributed by atoms with van der Waals surface area (Å²) in [5.41, 5.74) is 2.67. The third kappa shape index (κ3) is 5.24. The van der Waals surface area contributed by atoms with Gasteiger partial charge in [-0.15, -0.1) is 0 Å². The van der Waals surface area contributed by atoms with Gasteiger partial charge in [-0.3, -0.25) is 9.69 Å². The number of benzene rings is 1. The van der Waals surface area contributed by atoms with Gasteiger partial charge in [0.05, 0.1) is 0 Å². The van der Waals surface area contributed by atoms with Crippen molar-refractivity contribution in [3.63, 3.8) is 0 Å². The van der Waals surface area contributed by atoms with Crippen LogP contribution in [0.2, 0.25) is 0 Å². The summed E-state index contributed by atoms with van der Waals surface area (Å²) >= 11 is 0. The first-order valence-corrected chi connectivity index (χ1v) is 8.72. The van der Waals surface area contributed by atoms with Gasteiger partial charge in [-0.2, -0.15) is 0 Å². The topological polar surface area (TPSA) is 35.6 Å². The number of nitrogens with zero attached hydrogens (tertiary/aromatic N) is 2. The van der Waals surface area contributed by atoms with Crippen LogP contribution < -0.4 is 10.2 Å². The fourth-order valence-electron chi connectivity index (χ4n) is 3.23. The molecule has 0 aliphatic carbocycles. The molecule has 23 heavy (non-hydrogen) atoms. The molecule has 1 aliphatic rings. The highest BCUT2D eigenvalue weighted by molar-refractivity contribution is 5.77. The Balaban J connectivity index is 1.90. The molecule has 1 N–H and O–H groups in total. The predicted molar refractivity (Wildman–Crippen MR) is 96.6 cm³/mol. The lowest BCUT2D eigenvalue weighted by Crippen LogP contribution is -2.41. The van der Waals surface area contributed by atoms with Crippen molar-refractivity contribution in [3.8, 4) is 0 Å². The first-order valence-electron chi connectivity index (χ1n) is 8.72. The largest absolute Gasteiger partial charge is 0.377 e. The SMILES string of the molecule is CC(C)C(=O)NCC1CCCN(Cc2ccccc2N(C)C)C1. The van der Waals surface area contributed by atoms with Crippen molar-refractivity contribution in [1.82, 2.24) is 10.2 Å². The van der Waals surface area contributed by atoms with Crippen LogP contribution in [0.4, 0.5) is 5.69 Å². The number of rotatable bonds is 6. The highest BCUT2D eigenvalue weighted by atomic mass is 16.1. The van der Waals surface area contributed by atoms with Crippen molar-refractivity contribution in [2.45, 2.75) is 33.2 Å². The lowest BCUT2D eigenvalue weighted by molar-refractivity contribution is -0.124. The number of anilines is 1. The summed E-state index contributed by atoms with van der Waals surface area (Å²) in [6.07, 6.45) is 2.43. The summed E-state index contributed by atoms with van der Waals surface area (Å²) in [6.45, 7) is 7.91. The molecule has 1 fully saturated rings. The van der Waals surface area contributed by atoms with Crippen LogP contribution in [0, 0.1) is 11.8 Å². The average molecular weight is 317 g/mol. The zero-order valence-corrected chi connectivity index (χ0v) is 15.0. The molecular formula is C19H31N3O. The Labute approximate surface area is 140 Å². The van der Waals surface area contributed by atoms with Crippen LogP contribution in [0.25, 0.3) is 0 Å². The first-order chi connectivity index (χ1) is 11.0. The molecule has 1 aliphatic heterocycles. The first kappa shape index (κ1) is 17.8. The zero-order chi connectivity index (χ0) is 16.8. The molecule has 4 nitrogen and oxygen atoms in total. The molecular weight excluding hydrogens is 286 g/mol. The van der Waals surface area contributed by atoms with E-state index in [4.69, 9.17) is 0 Å². The molecule has 0 aromatic heterocycles. The highest BCUT2D eigenvalue weighted by Crippen LogP contribution is 2.23. The maximum absolute atomic E-state index is 11.7. The number of piperidine rings is 1. The smallest absolute Gasteiger partial charge is 0.222 e. The van der Waals surface area contributed by atoms with Crippen LogP contribution in [0.3, 0.4) is 0 Å². The number of hydrogen-bond acceptors (Lipinski definition) is 3. The predicted octanol–water partition coefficient (Wildman–Crippen LogP) is 2.74. The van der Waals surface area contributed by atoms with Gasteiger partial charge in [0, 0.05) is 45.3 Å². The number of carbonyl (C=O) groups excluding carboxylic acids is 1. The Morgan fingerprint density at radius 2 is 2.09 bits per heavy atom. The van der Waals surface area contributed by atoms with E-state index in [-0.39, 0.29) is 11.8 Å². The Morgan fingerprint density at radius 3 is 2.78 bits per heavy atom. The third-order valence-electron chi connectivity index (χ3n) is 4.56. The molecule has 1 atom stereocenters. The minimum absolute atomic E-state index is 0.0710. The molecule has 1 heterocycles. The van der Waals surface area contributed by atoms with Gasteiger partial charge >= 0.3 is 0 Å². The van der Waals surface area contributed by atoms with Gasteiger partial charge < -0.3 is 10.2 Å². The summed E-state index contributed by atoms with van der Waals surface area (Å²) in [7, 11) is 4.19. The van der Waals surface area contributed by atoms with Gasteiger partial charge in [0.15, 0.2) is 0 Å². The van der Waals surface area contributed by atoms with Crippen LogP contribution in [0.5, 0.6) is 0 Å². The van der Waals surface area contributed by atoms with Crippen molar-refractivity contribution in [1.29, 1.82) is 0 Å². The third-order valence-corrected chi connectivity index (χ3v) is 4.56. The van der Waals surface area contributed by atoms with Crippen molar-refractivity contribution < 1.29 is 4.79 Å². The number of likely N-dealkylation sites (tertiary alicyclic amines) is 1. The second-order valence-corrected chi connectivity index (χ2v) is 7.17. The van der Waals surface area contributed by atoms with Crippen LogP contribution in [-0.4, -0.2) is 44.5 Å². The lowest BCUT2D eigenvalue weighted by Gasteiger charge is -2.33. The van der Waals surface area contributed by atoms with E-state index >= 15 is 0 Å². The molecule has 1 aromatic carbocycles. The van der Waals surface area contributed by atoms with E-state index in [1.807, 2.05) is 13.8 Å². The fraction of sp³-hybridized carbons (Fsp3) is 0.632. The summed E-state index contributed by atoms with van der Waals surface area (Å²) in [5, 5.41) is 3.09. The van der Waals surface area contributed by atoms with Crippen molar-refractivity contribution in [2.75, 3.05) is 38.6 Å². The summed E-state index contributed by atoms with van der Waals surface area (Å²) in [6, 6.07) is 8.62.